The number of anilines is 1. The molecule has 4 atom stereocenters. The van der Waals surface area contributed by atoms with Crippen LogP contribution in [0.4, 0.5) is 5.69 Å². The molecule has 2 aliphatic rings. The lowest BCUT2D eigenvalue weighted by molar-refractivity contribution is -0.145. The highest BCUT2D eigenvalue weighted by molar-refractivity contribution is 6.71. The van der Waals surface area contributed by atoms with Gasteiger partial charge in [-0.2, -0.15) is 0 Å². The van der Waals surface area contributed by atoms with Gasteiger partial charge in [-0.25, -0.2) is 4.68 Å². The van der Waals surface area contributed by atoms with Crippen molar-refractivity contribution in [3.63, 3.8) is 0 Å². The summed E-state index contributed by atoms with van der Waals surface area (Å²) in [6.07, 6.45) is 8.50. The molecule has 0 saturated carbocycles. The summed E-state index contributed by atoms with van der Waals surface area (Å²) in [6.45, 7) is 13.0. The maximum absolute atomic E-state index is 14.9. The van der Waals surface area contributed by atoms with Crippen LogP contribution in [0.25, 0.3) is 16.6 Å². The Bertz CT molecular complexity index is 1960. The van der Waals surface area contributed by atoms with Crippen LogP contribution in [-0.2, 0) is 28.1 Å². The molecule has 1 amide bonds. The largest absolute Gasteiger partial charge is 0.432 e. The molecule has 0 radical (unpaired) electrons. The van der Waals surface area contributed by atoms with Gasteiger partial charge in [0.1, 0.15) is 0 Å². The molecule has 3 N–H and O–H groups in total. The number of hydrogen-bond acceptors (Lipinski definition) is 7. The molecule has 260 valence electrons. The van der Waals surface area contributed by atoms with Gasteiger partial charge in [-0.05, 0) is 83.5 Å². The number of para-hydroxylation sites is 1. The van der Waals surface area contributed by atoms with Gasteiger partial charge < -0.3 is 19.5 Å². The summed E-state index contributed by atoms with van der Waals surface area (Å²) >= 11 is 0. The van der Waals surface area contributed by atoms with Crippen LogP contribution in [0, 0.1) is 5.92 Å². The summed E-state index contributed by atoms with van der Waals surface area (Å²) in [5, 5.41) is 21.5. The number of ether oxygens (including phenoxy) is 1. The van der Waals surface area contributed by atoms with Crippen molar-refractivity contribution in [2.45, 2.75) is 90.3 Å². The average Bonchev–Trinajstić information content (AvgIpc) is 3.78. The predicted molar refractivity (Wildman–Crippen MR) is 193 cm³/mol. The monoisotopic (exact) mass is 684 g/mol. The van der Waals surface area contributed by atoms with Gasteiger partial charge in [-0.3, -0.25) is 19.4 Å². The number of aliphatic hydroxyl groups is 1. The third-order valence-electron chi connectivity index (χ3n) is 10.1. The molecule has 4 heterocycles. The lowest BCUT2D eigenvalue weighted by Gasteiger charge is -2.32. The number of amides is 1. The Morgan fingerprint density at radius 2 is 1.90 bits per heavy atom. The van der Waals surface area contributed by atoms with Crippen LogP contribution in [0.1, 0.15) is 58.2 Å². The smallest absolute Gasteiger partial charge is 0.279 e. The average molecular weight is 685 g/mol. The Kier molecular flexibility index (Phi) is 9.69. The van der Waals surface area contributed by atoms with Crippen LogP contribution in [0.5, 0.6) is 0 Å². The summed E-state index contributed by atoms with van der Waals surface area (Å²) in [7, 11) is -2.88. The number of carbonyl (C=O) groups excluding carboxylic acids is 1. The molecule has 12 heteroatoms. The van der Waals surface area contributed by atoms with Crippen LogP contribution in [0.2, 0.25) is 18.6 Å². The number of rotatable bonds is 12. The summed E-state index contributed by atoms with van der Waals surface area (Å²) in [4.78, 5) is 41.9. The maximum atomic E-state index is 14.9. The number of aryl methyl sites for hydroxylation is 1. The van der Waals surface area contributed by atoms with Crippen LogP contribution in [-0.4, -0.2) is 68.2 Å². The molecule has 6 rings (SSSR count). The molecule has 49 heavy (non-hydrogen) atoms. The minimum absolute atomic E-state index is 0.00828. The zero-order valence-corrected chi connectivity index (χ0v) is 30.3. The van der Waals surface area contributed by atoms with E-state index in [1.165, 1.54) is 15.8 Å². The number of aromatic nitrogens is 5. The van der Waals surface area contributed by atoms with E-state index >= 15 is 0 Å². The summed E-state index contributed by atoms with van der Waals surface area (Å²) in [6, 6.07) is 13.1. The number of aromatic amines is 1. The fraction of sp³-hybridized carbons (Fsp3) is 0.459. The molecule has 11 nitrogen and oxygen atoms in total. The SMILES string of the molecule is CC(C)=CCC/C(C)=C/CN1C(=O)[C@]2(O[C@H](CCn3cc(CCO)nn3)[C@@H]([Si](C)(C)O)[C@@H]2C)c2cc(-n3[nH]c4ccccc4c3=O)ccc21. The molecule has 2 aromatic carbocycles. The Morgan fingerprint density at radius 3 is 2.61 bits per heavy atom. The summed E-state index contributed by atoms with van der Waals surface area (Å²) in [5.41, 5.74) is 4.19. The Morgan fingerprint density at radius 1 is 1.12 bits per heavy atom. The standard InChI is InChI=1S/C37H48N6O5Si/c1-24(2)10-9-11-25(3)16-20-42-32-15-14-28(43-35(45)29-12-7-8-13-31(29)39-43)22-30(32)37(36(42)46)26(4)34(49(5,6)47)33(48-37)17-19-41-23-27(18-21-44)38-40-41/h7-8,10,12-16,22-23,26,33-34,39,44,47H,9,11,17-21H2,1-6H3/b25-16+/t26-,33+,34-,37+/m0/s1. The Labute approximate surface area is 288 Å². The molecular weight excluding hydrogens is 637 g/mol. The number of allylic oxidation sites excluding steroid dienone is 3. The van der Waals surface area contributed by atoms with E-state index in [-0.39, 0.29) is 29.5 Å². The minimum Gasteiger partial charge on any atom is -0.432 e. The molecule has 2 aliphatic heterocycles. The van der Waals surface area contributed by atoms with Gasteiger partial charge in [0.15, 0.2) is 13.9 Å². The van der Waals surface area contributed by atoms with Gasteiger partial charge in [0, 0.05) is 49.3 Å². The number of hydrogen-bond donors (Lipinski definition) is 3. The van der Waals surface area contributed by atoms with Crippen molar-refractivity contribution in [2.75, 3.05) is 18.1 Å². The van der Waals surface area contributed by atoms with Crippen molar-refractivity contribution in [1.29, 1.82) is 0 Å². The Hall–Kier alpha value is -4.10. The topological polar surface area (TPSA) is 138 Å². The third-order valence-corrected chi connectivity index (χ3v) is 12.6. The number of fused-ring (bicyclic) bond motifs is 3. The predicted octanol–water partition coefficient (Wildman–Crippen LogP) is 5.37. The second-order valence-corrected chi connectivity index (χ2v) is 18.4. The summed E-state index contributed by atoms with van der Waals surface area (Å²) < 4.78 is 10.3. The van der Waals surface area contributed by atoms with E-state index < -0.39 is 20.0 Å². The van der Waals surface area contributed by atoms with Crippen LogP contribution < -0.4 is 10.5 Å². The summed E-state index contributed by atoms with van der Waals surface area (Å²) in [5.74, 6) is -0.500. The first-order valence-corrected chi connectivity index (χ1v) is 20.2. The van der Waals surface area contributed by atoms with E-state index in [1.807, 2.05) is 62.6 Å². The zero-order chi connectivity index (χ0) is 35.1. The van der Waals surface area contributed by atoms with Crippen molar-refractivity contribution in [1.82, 2.24) is 24.8 Å². The molecule has 4 aromatic rings. The molecule has 1 fully saturated rings. The number of nitrogens with one attached hydrogen (secondary N) is 1. The molecule has 0 bridgehead atoms. The fourth-order valence-electron chi connectivity index (χ4n) is 7.77. The maximum Gasteiger partial charge on any atom is 0.279 e. The number of nitrogens with zero attached hydrogens (tertiary/aromatic N) is 5. The van der Waals surface area contributed by atoms with Crippen molar-refractivity contribution >= 4 is 30.8 Å². The molecule has 0 aliphatic carbocycles. The minimum atomic E-state index is -2.88. The highest BCUT2D eigenvalue weighted by Crippen LogP contribution is 2.59. The number of benzene rings is 2. The fourth-order valence-corrected chi connectivity index (χ4v) is 10.4. The lowest BCUT2D eigenvalue weighted by Crippen LogP contribution is -2.46. The van der Waals surface area contributed by atoms with Gasteiger partial charge >= 0.3 is 0 Å². The highest BCUT2D eigenvalue weighted by atomic mass is 28.4. The van der Waals surface area contributed by atoms with Crippen LogP contribution in [0.3, 0.4) is 0 Å². The second-order valence-electron chi connectivity index (χ2n) is 14.4. The second kappa shape index (κ2) is 13.7. The number of aliphatic hydroxyl groups excluding tert-OH is 1. The van der Waals surface area contributed by atoms with Gasteiger partial charge in [-0.1, -0.05) is 47.6 Å². The van der Waals surface area contributed by atoms with Crippen molar-refractivity contribution in [3.8, 4) is 5.69 Å². The van der Waals surface area contributed by atoms with E-state index in [4.69, 9.17) is 4.74 Å². The first-order valence-electron chi connectivity index (χ1n) is 17.2. The third kappa shape index (κ3) is 6.50. The zero-order valence-electron chi connectivity index (χ0n) is 29.3. The van der Waals surface area contributed by atoms with Crippen molar-refractivity contribution in [2.24, 2.45) is 5.92 Å². The number of carbonyl (C=O) groups is 1. The molecule has 1 saturated heterocycles. The van der Waals surface area contributed by atoms with Crippen LogP contribution in [0.15, 0.2) is 76.8 Å². The van der Waals surface area contributed by atoms with Gasteiger partial charge in [0.2, 0.25) is 0 Å². The molecular formula is C37H48N6O5Si. The lowest BCUT2D eigenvalue weighted by atomic mass is 9.82. The van der Waals surface area contributed by atoms with E-state index in [9.17, 15) is 19.5 Å². The van der Waals surface area contributed by atoms with Crippen molar-refractivity contribution < 1.29 is 19.4 Å². The molecule has 0 unspecified atom stereocenters. The number of H-pyrrole nitrogens is 1. The van der Waals surface area contributed by atoms with Gasteiger partial charge in [0.25, 0.3) is 11.5 Å². The molecule has 1 spiro atoms. The first kappa shape index (κ1) is 34.7. The van der Waals surface area contributed by atoms with Crippen molar-refractivity contribution in [3.05, 3.63) is 93.6 Å². The molecule has 2 aromatic heterocycles. The van der Waals surface area contributed by atoms with Gasteiger partial charge in [0.05, 0.1) is 34.1 Å². The van der Waals surface area contributed by atoms with E-state index in [2.05, 4.69) is 48.3 Å². The van der Waals surface area contributed by atoms with E-state index in [0.717, 1.165) is 24.0 Å². The van der Waals surface area contributed by atoms with E-state index in [0.29, 0.717) is 48.3 Å². The van der Waals surface area contributed by atoms with E-state index in [1.54, 1.807) is 15.6 Å². The normalized spacial score (nSPS) is 22.4. The first-order chi connectivity index (χ1) is 23.3. The van der Waals surface area contributed by atoms with Gasteiger partial charge in [-0.15, -0.1) is 5.10 Å². The quantitative estimate of drug-likeness (QED) is 0.135. The van der Waals surface area contributed by atoms with Crippen LogP contribution >= 0.6 is 0 Å². The highest BCUT2D eigenvalue weighted by Gasteiger charge is 2.66. The Balaban J connectivity index is 1.41.